The van der Waals surface area contributed by atoms with E-state index in [9.17, 15) is 9.59 Å². The molecule has 2 amide bonds. The Bertz CT molecular complexity index is 749. The van der Waals surface area contributed by atoms with Gasteiger partial charge in [0.25, 0.3) is 5.91 Å². The van der Waals surface area contributed by atoms with Gasteiger partial charge in [0.05, 0.1) is 19.8 Å². The highest BCUT2D eigenvalue weighted by Crippen LogP contribution is 2.58. The number of ether oxygens (including phenoxy) is 2. The first-order valence-electron chi connectivity index (χ1n) is 8.82. The summed E-state index contributed by atoms with van der Waals surface area (Å²) in [4.78, 5) is 28.0. The number of carbonyl (C=O) groups is 2. The van der Waals surface area contributed by atoms with Crippen molar-refractivity contribution in [3.8, 4) is 11.5 Å². The molecule has 2 aliphatic rings. The predicted molar refractivity (Wildman–Crippen MR) is 102 cm³/mol. The largest absolute Gasteiger partial charge is 0.493 e. The minimum atomic E-state index is -0.540. The molecule has 1 fully saturated rings. The first-order chi connectivity index (χ1) is 12.3. The molecule has 26 heavy (non-hydrogen) atoms. The molecule has 0 spiro atoms. The van der Waals surface area contributed by atoms with Crippen LogP contribution >= 0.6 is 11.8 Å². The number of hydrogen-bond donors (Lipinski definition) is 1. The Balaban J connectivity index is 2.04. The molecule has 0 unspecified atom stereocenters. The minimum absolute atomic E-state index is 0.0667. The third-order valence-electron chi connectivity index (χ3n) is 5.15. The highest BCUT2D eigenvalue weighted by Gasteiger charge is 2.58. The van der Waals surface area contributed by atoms with Gasteiger partial charge in [-0.15, -0.1) is 11.8 Å². The quantitative estimate of drug-likeness (QED) is 0.853. The first kappa shape index (κ1) is 18.9. The van der Waals surface area contributed by atoms with Gasteiger partial charge in [0.15, 0.2) is 11.5 Å². The second kappa shape index (κ2) is 6.68. The van der Waals surface area contributed by atoms with E-state index < -0.39 is 6.04 Å². The SMILES string of the molecule is CC[C@@H](C)NC(=O)[C@@H]1N2C(=O)c3c(ccc(OC)c3OC)[C@H]2SC1(C)C. The van der Waals surface area contributed by atoms with Crippen molar-refractivity contribution in [2.24, 2.45) is 0 Å². The van der Waals surface area contributed by atoms with Crippen LogP contribution in [0.2, 0.25) is 0 Å². The van der Waals surface area contributed by atoms with E-state index in [2.05, 4.69) is 5.32 Å². The van der Waals surface area contributed by atoms with Crippen LogP contribution in [-0.2, 0) is 4.79 Å². The Morgan fingerprint density at radius 1 is 1.35 bits per heavy atom. The lowest BCUT2D eigenvalue weighted by Crippen LogP contribution is -2.54. The standard InChI is InChI=1S/C19H26N2O4S/c1-7-10(2)20-16(22)15-19(3,4)26-18-11-8-9-12(24-5)14(25-6)13(11)17(23)21(15)18/h8-10,15,18H,7H2,1-6H3,(H,20,22)/t10-,15+,18-/m1/s1. The number of thioether (sulfide) groups is 1. The van der Waals surface area contributed by atoms with Gasteiger partial charge in [-0.3, -0.25) is 9.59 Å². The van der Waals surface area contributed by atoms with Crippen LogP contribution in [-0.4, -0.2) is 47.8 Å². The molecular weight excluding hydrogens is 352 g/mol. The summed E-state index contributed by atoms with van der Waals surface area (Å²) in [6.45, 7) is 8.03. The van der Waals surface area contributed by atoms with Crippen LogP contribution in [0.25, 0.3) is 0 Å². The number of benzene rings is 1. The van der Waals surface area contributed by atoms with Crippen molar-refractivity contribution in [1.29, 1.82) is 0 Å². The summed E-state index contributed by atoms with van der Waals surface area (Å²) in [6.07, 6.45) is 0.842. The average molecular weight is 378 g/mol. The molecule has 3 atom stereocenters. The fraction of sp³-hybridized carbons (Fsp3) is 0.579. The van der Waals surface area contributed by atoms with Crippen LogP contribution in [0.1, 0.15) is 55.4 Å². The van der Waals surface area contributed by atoms with E-state index in [4.69, 9.17) is 9.47 Å². The summed E-state index contributed by atoms with van der Waals surface area (Å²) in [5.74, 6) is 0.670. The maximum Gasteiger partial charge on any atom is 0.260 e. The molecule has 3 rings (SSSR count). The molecule has 0 aromatic heterocycles. The lowest BCUT2D eigenvalue weighted by molar-refractivity contribution is -0.126. The smallest absolute Gasteiger partial charge is 0.260 e. The second-order valence-electron chi connectivity index (χ2n) is 7.27. The van der Waals surface area contributed by atoms with E-state index in [1.165, 1.54) is 7.11 Å². The van der Waals surface area contributed by atoms with E-state index in [0.29, 0.717) is 17.1 Å². The number of fused-ring (bicyclic) bond motifs is 3. The van der Waals surface area contributed by atoms with Crippen molar-refractivity contribution in [3.63, 3.8) is 0 Å². The summed E-state index contributed by atoms with van der Waals surface area (Å²) in [5, 5.41) is 2.84. The van der Waals surface area contributed by atoms with Crippen LogP contribution in [0.5, 0.6) is 11.5 Å². The van der Waals surface area contributed by atoms with E-state index in [-0.39, 0.29) is 28.0 Å². The fourth-order valence-corrected chi connectivity index (χ4v) is 5.26. The van der Waals surface area contributed by atoms with Gasteiger partial charge >= 0.3 is 0 Å². The van der Waals surface area contributed by atoms with Gasteiger partial charge in [-0.25, -0.2) is 0 Å². The van der Waals surface area contributed by atoms with Gasteiger partial charge in [0.2, 0.25) is 5.91 Å². The van der Waals surface area contributed by atoms with E-state index in [0.717, 1.165) is 12.0 Å². The molecule has 1 aromatic carbocycles. The third kappa shape index (κ3) is 2.73. The van der Waals surface area contributed by atoms with E-state index in [1.807, 2.05) is 39.8 Å². The molecule has 6 nitrogen and oxygen atoms in total. The Hall–Kier alpha value is -1.89. The normalized spacial score (nSPS) is 24.1. The van der Waals surface area contributed by atoms with Crippen molar-refractivity contribution in [2.45, 2.75) is 56.3 Å². The van der Waals surface area contributed by atoms with Crippen molar-refractivity contribution in [3.05, 3.63) is 23.3 Å². The van der Waals surface area contributed by atoms with E-state index >= 15 is 0 Å². The van der Waals surface area contributed by atoms with Crippen molar-refractivity contribution < 1.29 is 19.1 Å². The second-order valence-corrected chi connectivity index (χ2v) is 9.01. The van der Waals surface area contributed by atoms with Crippen molar-refractivity contribution in [2.75, 3.05) is 14.2 Å². The summed E-state index contributed by atoms with van der Waals surface area (Å²) in [5.41, 5.74) is 1.38. The van der Waals surface area contributed by atoms with Gasteiger partial charge in [-0.1, -0.05) is 13.0 Å². The molecule has 0 saturated carbocycles. The molecule has 7 heteroatoms. The monoisotopic (exact) mass is 378 g/mol. The Labute approximate surface area is 158 Å². The van der Waals surface area contributed by atoms with Gasteiger partial charge in [0.1, 0.15) is 11.4 Å². The topological polar surface area (TPSA) is 67.9 Å². The van der Waals surface area contributed by atoms with Crippen LogP contribution in [0.3, 0.4) is 0 Å². The van der Waals surface area contributed by atoms with Crippen LogP contribution < -0.4 is 14.8 Å². The summed E-state index contributed by atoms with van der Waals surface area (Å²) in [6, 6.07) is 3.24. The van der Waals surface area contributed by atoms with E-state index in [1.54, 1.807) is 23.8 Å². The Morgan fingerprint density at radius 3 is 2.62 bits per heavy atom. The maximum atomic E-state index is 13.3. The number of carbonyl (C=O) groups excluding carboxylic acids is 2. The first-order valence-corrected chi connectivity index (χ1v) is 9.70. The zero-order chi connectivity index (χ0) is 19.2. The molecule has 2 heterocycles. The number of rotatable bonds is 5. The maximum absolute atomic E-state index is 13.3. The number of nitrogens with one attached hydrogen (secondary N) is 1. The third-order valence-corrected chi connectivity index (χ3v) is 6.68. The number of nitrogens with zero attached hydrogens (tertiary/aromatic N) is 1. The lowest BCUT2D eigenvalue weighted by Gasteiger charge is -2.30. The molecule has 1 saturated heterocycles. The average Bonchev–Trinajstić information content (AvgIpc) is 3.03. The zero-order valence-electron chi connectivity index (χ0n) is 16.1. The lowest BCUT2D eigenvalue weighted by atomic mass is 10.00. The van der Waals surface area contributed by atoms with Crippen LogP contribution in [0, 0.1) is 0 Å². The van der Waals surface area contributed by atoms with Gasteiger partial charge in [-0.05, 0) is 33.3 Å². The Kier molecular flexibility index (Phi) is 4.86. The fourth-order valence-electron chi connectivity index (χ4n) is 3.68. The molecule has 0 bridgehead atoms. The molecule has 1 N–H and O–H groups in total. The zero-order valence-corrected chi connectivity index (χ0v) is 16.9. The molecule has 0 aliphatic carbocycles. The van der Waals surface area contributed by atoms with Crippen LogP contribution in [0.15, 0.2) is 12.1 Å². The predicted octanol–water partition coefficient (Wildman–Crippen LogP) is 2.97. The summed E-state index contributed by atoms with van der Waals surface area (Å²) < 4.78 is 10.4. The van der Waals surface area contributed by atoms with Gasteiger partial charge < -0.3 is 19.7 Å². The highest BCUT2D eigenvalue weighted by molar-refractivity contribution is 8.01. The van der Waals surface area contributed by atoms with Gasteiger partial charge in [0, 0.05) is 16.4 Å². The minimum Gasteiger partial charge on any atom is -0.493 e. The summed E-state index contributed by atoms with van der Waals surface area (Å²) >= 11 is 1.64. The number of hydrogen-bond acceptors (Lipinski definition) is 5. The molecule has 142 valence electrons. The molecule has 1 aromatic rings. The molecular formula is C19H26N2O4S. The van der Waals surface area contributed by atoms with Crippen molar-refractivity contribution in [1.82, 2.24) is 10.2 Å². The highest BCUT2D eigenvalue weighted by atomic mass is 32.2. The number of amides is 2. The summed E-state index contributed by atoms with van der Waals surface area (Å²) in [7, 11) is 3.07. The van der Waals surface area contributed by atoms with Crippen LogP contribution in [0.4, 0.5) is 0 Å². The van der Waals surface area contributed by atoms with Gasteiger partial charge in [-0.2, -0.15) is 0 Å². The van der Waals surface area contributed by atoms with Crippen molar-refractivity contribution >= 4 is 23.6 Å². The molecule has 0 radical (unpaired) electrons. The number of methoxy groups -OCH3 is 2. The molecule has 2 aliphatic heterocycles. The Morgan fingerprint density at radius 2 is 2.04 bits per heavy atom.